The molecule has 12 bridgehead atoms. The molecule has 22 aliphatic heterocycles. The number of hydrogen-bond donors (Lipinski definition) is 19. The topological polar surface area (TPSA) is 521 Å². The van der Waals surface area contributed by atoms with Gasteiger partial charge in [-0.2, -0.15) is 0 Å². The van der Waals surface area contributed by atoms with Crippen molar-refractivity contribution < 1.29 is 163 Å². The van der Waals surface area contributed by atoms with Crippen molar-refractivity contribution in [1.29, 1.82) is 0 Å². The molecule has 30 atom stereocenters. The first-order valence-corrected chi connectivity index (χ1v) is 23.4. The predicted molar refractivity (Wildman–Crippen MR) is 214 cm³/mol. The van der Waals surface area contributed by atoms with Crippen LogP contribution in [0.5, 0.6) is 0 Å². The molecule has 0 aromatic heterocycles. The monoisotopic (exact) mass is 1080 g/mol. The summed E-state index contributed by atoms with van der Waals surface area (Å²) < 4.78 is 84.1. The summed E-state index contributed by atoms with van der Waals surface area (Å²) in [5, 5.41) is 186. The van der Waals surface area contributed by atoms with E-state index in [1.807, 2.05) is 0 Å². The molecule has 0 amide bonds. The minimum absolute atomic E-state index is 0. The summed E-state index contributed by atoms with van der Waals surface area (Å²) in [7, 11) is -5.37. The van der Waals surface area contributed by atoms with E-state index >= 15 is 0 Å². The standard InChI is InChI=1S/C36H61O33P.Na.H/c37-1-7-25-13(42)19(48)31(58-7)65-26-8(2-38)60-33(21(50)15(26)44)67-28-10(4-40)62-35(23(52)17(28)46)69-30-12(6-57-70(54,55)56)63-36(24(53)18(30)47)68-29-11(5-41)61-34(22(51)16(29)45)66-27-9(3-39)59-32(64-25)20(49)14(27)43;;/h7-53H,1-6H2,(H2,54,55,56);;/t7-,8-,9-,10-,11-,12-,13-,14-,15-,16-,17-,18-,19-,20-,21-,22-,23-,24-,25-,26-,27-,28-,29-,30-,31-,32-,33-,34-,35-,36-;;/m1../s1. The Morgan fingerprint density at radius 3 is 0.634 bits per heavy atom. The van der Waals surface area contributed by atoms with Gasteiger partial charge in [0.15, 0.2) is 37.7 Å². The first-order chi connectivity index (χ1) is 33.1. The SMILES string of the molecule is O=P(O)(O)OC[C@H]1O[C@@H]2O[C@H]3[C@H](O)[C@@H](O)[C@@H](O[C@H]4[C@H](O)[C@@H](O)[C@@H](O[C@H]5[C@H](O)[C@@H](O)[C@@H](O[C@H]6[C@H](O)[C@@H](O)[C@@H](O[C@H]7[C@H](O)[C@@H](O)[C@@H](O[C@H]1[C@H](O)[C@H]2O)O[C@@H]7CO)O[C@@H]6CO)O[C@@H]5CO)O[C@@H]4CO)O[C@@H]3CO.[NaH]. The average Bonchev–Trinajstić information content (AvgIpc) is 3.33. The molecule has 0 unspecified atom stereocenters. The van der Waals surface area contributed by atoms with Gasteiger partial charge in [0.1, 0.15) is 146 Å². The van der Waals surface area contributed by atoms with Gasteiger partial charge in [-0.3, -0.25) is 4.52 Å². The third kappa shape index (κ3) is 12.6. The van der Waals surface area contributed by atoms with Gasteiger partial charge < -0.3 is 153 Å². The first-order valence-electron chi connectivity index (χ1n) is 21.8. The molecule has 410 valence electrons. The van der Waals surface area contributed by atoms with Gasteiger partial charge in [-0.15, -0.1) is 0 Å². The number of rotatable bonds is 8. The van der Waals surface area contributed by atoms with Crippen molar-refractivity contribution in [3.63, 3.8) is 0 Å². The number of hydrogen-bond acceptors (Lipinski definition) is 31. The number of phosphoric ester groups is 1. The van der Waals surface area contributed by atoms with Crippen LogP contribution in [0.1, 0.15) is 0 Å². The summed E-state index contributed by atoms with van der Waals surface area (Å²) in [4.78, 5) is 19.0. The van der Waals surface area contributed by atoms with Crippen molar-refractivity contribution in [3.8, 4) is 0 Å². The van der Waals surface area contributed by atoms with Crippen LogP contribution < -0.4 is 0 Å². The van der Waals surface area contributed by atoms with Crippen molar-refractivity contribution >= 4 is 37.4 Å². The van der Waals surface area contributed by atoms with Crippen molar-refractivity contribution in [2.24, 2.45) is 0 Å². The van der Waals surface area contributed by atoms with E-state index in [0.717, 1.165) is 0 Å². The Kier molecular flexibility index (Phi) is 21.3. The van der Waals surface area contributed by atoms with Gasteiger partial charge in [0.05, 0.1) is 39.6 Å². The Balaban J connectivity index is 0.00000825. The second-order valence-corrected chi connectivity index (χ2v) is 18.7. The molecule has 19 N–H and O–H groups in total. The van der Waals surface area contributed by atoms with E-state index in [2.05, 4.69) is 4.52 Å². The maximum atomic E-state index is 11.8. The Bertz CT molecular complexity index is 1700. The molecule has 71 heavy (non-hydrogen) atoms. The van der Waals surface area contributed by atoms with Crippen molar-refractivity contribution in [1.82, 2.24) is 0 Å². The third-order valence-electron chi connectivity index (χ3n) is 12.9. The summed E-state index contributed by atoms with van der Waals surface area (Å²) in [6.45, 7) is -6.47. The molecule has 0 aliphatic carbocycles. The van der Waals surface area contributed by atoms with Crippen molar-refractivity contribution in [3.05, 3.63) is 0 Å². The van der Waals surface area contributed by atoms with Crippen LogP contribution in [0.3, 0.4) is 0 Å². The zero-order valence-electron chi connectivity index (χ0n) is 36.2. The number of aliphatic hydroxyl groups excluding tert-OH is 17. The van der Waals surface area contributed by atoms with E-state index < -0.39 is 232 Å². The summed E-state index contributed by atoms with van der Waals surface area (Å²) >= 11 is 0. The molecule has 33 nitrogen and oxygen atoms in total. The van der Waals surface area contributed by atoms with Crippen LogP contribution in [0.15, 0.2) is 0 Å². The molecule has 0 aromatic rings. The van der Waals surface area contributed by atoms with Gasteiger partial charge in [-0.25, -0.2) is 4.57 Å². The van der Waals surface area contributed by atoms with Crippen molar-refractivity contribution in [2.45, 2.75) is 184 Å². The molecule has 0 radical (unpaired) electrons. The average molecular weight is 1080 g/mol. The zero-order chi connectivity index (χ0) is 51.3. The Labute approximate surface area is 422 Å². The Morgan fingerprint density at radius 1 is 0.296 bits per heavy atom. The van der Waals surface area contributed by atoms with Crippen molar-refractivity contribution in [2.75, 3.05) is 39.6 Å². The van der Waals surface area contributed by atoms with Gasteiger partial charge in [-0.05, 0) is 0 Å². The zero-order valence-corrected chi connectivity index (χ0v) is 37.1. The summed E-state index contributed by atoms with van der Waals surface area (Å²) in [6, 6.07) is 0. The molecule has 22 aliphatic rings. The van der Waals surface area contributed by atoms with Gasteiger partial charge in [-0.1, -0.05) is 0 Å². The fraction of sp³-hybridized carbons (Fsp3) is 1.00. The normalized spacial score (nSPS) is 52.4. The summed E-state index contributed by atoms with van der Waals surface area (Å²) in [5.74, 6) is 0. The molecular weight excluding hydrogens is 1010 g/mol. The van der Waals surface area contributed by atoms with Gasteiger partial charge in [0, 0.05) is 0 Å². The predicted octanol–water partition coefficient (Wildman–Crippen LogP) is -13.6. The van der Waals surface area contributed by atoms with Crippen LogP contribution in [0.25, 0.3) is 0 Å². The molecule has 35 heteroatoms. The van der Waals surface area contributed by atoms with Crippen LogP contribution in [0.2, 0.25) is 0 Å². The van der Waals surface area contributed by atoms with E-state index in [1.54, 1.807) is 0 Å². The summed E-state index contributed by atoms with van der Waals surface area (Å²) in [5.41, 5.74) is 0. The minimum atomic E-state index is -5.37. The van der Waals surface area contributed by atoms with Gasteiger partial charge in [0.25, 0.3) is 0 Å². The van der Waals surface area contributed by atoms with E-state index in [1.165, 1.54) is 0 Å². The fourth-order valence-corrected chi connectivity index (χ4v) is 9.43. The van der Waals surface area contributed by atoms with Crippen LogP contribution >= 0.6 is 7.82 Å². The molecule has 0 saturated carbocycles. The van der Waals surface area contributed by atoms with E-state index in [-0.39, 0.29) is 29.6 Å². The first kappa shape index (κ1) is 60.2. The quantitative estimate of drug-likeness (QED) is 0.0793. The number of ether oxygens (including phenoxy) is 12. The van der Waals surface area contributed by atoms with Crippen LogP contribution in [0, 0.1) is 0 Å². The molecule has 0 aromatic carbocycles. The second-order valence-electron chi connectivity index (χ2n) is 17.4. The second kappa shape index (κ2) is 25.2. The van der Waals surface area contributed by atoms with E-state index in [0.29, 0.717) is 0 Å². The molecule has 22 fully saturated rings. The molecule has 0 spiro atoms. The van der Waals surface area contributed by atoms with Crippen LogP contribution in [0.4, 0.5) is 0 Å². The Morgan fingerprint density at radius 2 is 0.465 bits per heavy atom. The molecule has 22 saturated heterocycles. The van der Waals surface area contributed by atoms with Gasteiger partial charge >= 0.3 is 37.4 Å². The van der Waals surface area contributed by atoms with E-state index in [9.17, 15) is 101 Å². The number of aliphatic hydroxyl groups is 17. The molecule has 22 heterocycles. The Hall–Kier alpha value is -0.0500. The maximum absolute atomic E-state index is 11.8. The van der Waals surface area contributed by atoms with Gasteiger partial charge in [0.2, 0.25) is 0 Å². The van der Waals surface area contributed by atoms with Crippen LogP contribution in [-0.2, 0) is 65.9 Å². The number of phosphoric acid groups is 1. The van der Waals surface area contributed by atoms with E-state index in [4.69, 9.17) is 56.8 Å². The molecular formula is C36H62NaO33P. The summed E-state index contributed by atoms with van der Waals surface area (Å²) in [6.07, 6.45) is -61.3. The third-order valence-corrected chi connectivity index (χ3v) is 13.4. The van der Waals surface area contributed by atoms with Crippen LogP contribution in [-0.4, -0.2) is 350 Å². The fourth-order valence-electron chi connectivity index (χ4n) is 9.09. The molecule has 22 rings (SSSR count).